The van der Waals surface area contributed by atoms with Crippen molar-refractivity contribution in [3.63, 3.8) is 0 Å². The Balaban J connectivity index is 1.53. The normalized spacial score (nSPS) is 15.4. The number of benzene rings is 2. The number of aromatic carboxylic acids is 1. The molecule has 1 atom stereocenters. The molecule has 4 rings (SSSR count). The second-order valence-corrected chi connectivity index (χ2v) is 8.45. The monoisotopic (exact) mass is 400 g/mol. The largest absolute Gasteiger partial charge is 0.478 e. The van der Waals surface area contributed by atoms with Crippen LogP contribution in [0.5, 0.6) is 0 Å². The lowest BCUT2D eigenvalue weighted by Gasteiger charge is -2.14. The average molecular weight is 401 g/mol. The van der Waals surface area contributed by atoms with Crippen molar-refractivity contribution in [2.45, 2.75) is 52.1 Å². The first kappa shape index (κ1) is 20.3. The molecule has 3 aromatic rings. The van der Waals surface area contributed by atoms with Crippen LogP contribution in [0.4, 0.5) is 0 Å². The maximum Gasteiger partial charge on any atom is 0.336 e. The van der Waals surface area contributed by atoms with Crippen LogP contribution in [0, 0.1) is 6.92 Å². The third-order valence-electron chi connectivity index (χ3n) is 6.12. The molecule has 30 heavy (non-hydrogen) atoms. The summed E-state index contributed by atoms with van der Waals surface area (Å²) >= 11 is 0. The van der Waals surface area contributed by atoms with Gasteiger partial charge in [-0.3, -0.25) is 4.98 Å². The number of pyridine rings is 1. The van der Waals surface area contributed by atoms with E-state index >= 15 is 0 Å². The number of hydrogen-bond donors (Lipinski definition) is 2. The van der Waals surface area contributed by atoms with Crippen molar-refractivity contribution in [3.8, 4) is 11.1 Å². The van der Waals surface area contributed by atoms with Crippen molar-refractivity contribution in [2.75, 3.05) is 0 Å². The fourth-order valence-corrected chi connectivity index (χ4v) is 4.37. The van der Waals surface area contributed by atoms with Crippen LogP contribution in [0.25, 0.3) is 11.1 Å². The molecule has 1 aliphatic rings. The number of rotatable bonds is 6. The standard InChI is InChI=1S/C26H28N2O2/c1-16(2)18-4-7-22(17(3)12-18)19-5-8-23-21(13-19)15-28-25(23)9-6-20-14-27-11-10-24(20)26(29)30/h4-5,7-8,10-14,16,25,28H,6,9,15H2,1-3H3,(H,29,30)/t25-/m1/s1. The molecule has 154 valence electrons. The molecule has 0 saturated heterocycles. The van der Waals surface area contributed by atoms with Gasteiger partial charge in [-0.1, -0.05) is 44.2 Å². The quantitative estimate of drug-likeness (QED) is 0.561. The molecule has 2 N–H and O–H groups in total. The van der Waals surface area contributed by atoms with Gasteiger partial charge in [0.25, 0.3) is 0 Å². The Hall–Kier alpha value is -2.98. The van der Waals surface area contributed by atoms with E-state index in [4.69, 9.17) is 0 Å². The molecule has 0 amide bonds. The summed E-state index contributed by atoms with van der Waals surface area (Å²) in [5, 5.41) is 13.0. The average Bonchev–Trinajstić information content (AvgIpc) is 3.14. The highest BCUT2D eigenvalue weighted by molar-refractivity contribution is 5.89. The topological polar surface area (TPSA) is 62.2 Å². The van der Waals surface area contributed by atoms with Gasteiger partial charge < -0.3 is 10.4 Å². The van der Waals surface area contributed by atoms with Gasteiger partial charge in [0, 0.05) is 25.0 Å². The Morgan fingerprint density at radius 1 is 1.20 bits per heavy atom. The zero-order valence-electron chi connectivity index (χ0n) is 17.8. The predicted octanol–water partition coefficient (Wildman–Crippen LogP) is 5.66. The molecule has 2 heterocycles. The van der Waals surface area contributed by atoms with E-state index in [0.717, 1.165) is 18.5 Å². The smallest absolute Gasteiger partial charge is 0.336 e. The number of carboxylic acids is 1. The predicted molar refractivity (Wildman–Crippen MR) is 120 cm³/mol. The lowest BCUT2D eigenvalue weighted by Crippen LogP contribution is -2.13. The Bertz CT molecular complexity index is 1090. The van der Waals surface area contributed by atoms with Crippen LogP contribution >= 0.6 is 0 Å². The van der Waals surface area contributed by atoms with Gasteiger partial charge in [-0.15, -0.1) is 0 Å². The highest BCUT2D eigenvalue weighted by Crippen LogP contribution is 2.34. The number of carbonyl (C=O) groups is 1. The van der Waals surface area contributed by atoms with E-state index < -0.39 is 5.97 Å². The molecular formula is C26H28N2O2. The van der Waals surface area contributed by atoms with E-state index in [1.807, 2.05) is 0 Å². The first-order chi connectivity index (χ1) is 14.4. The number of carboxylic acid groups (broad SMARTS) is 1. The Morgan fingerprint density at radius 2 is 2.03 bits per heavy atom. The summed E-state index contributed by atoms with van der Waals surface area (Å²) in [4.78, 5) is 15.5. The van der Waals surface area contributed by atoms with Crippen molar-refractivity contribution >= 4 is 5.97 Å². The van der Waals surface area contributed by atoms with Crippen molar-refractivity contribution in [3.05, 3.63) is 88.2 Å². The van der Waals surface area contributed by atoms with Gasteiger partial charge >= 0.3 is 5.97 Å². The van der Waals surface area contributed by atoms with Crippen LogP contribution in [0.1, 0.15) is 70.4 Å². The molecule has 1 aliphatic heterocycles. The summed E-state index contributed by atoms with van der Waals surface area (Å²) in [5.41, 5.74) is 9.00. The minimum Gasteiger partial charge on any atom is -0.478 e. The lowest BCUT2D eigenvalue weighted by atomic mass is 9.91. The Kier molecular flexibility index (Phi) is 5.69. The van der Waals surface area contributed by atoms with Gasteiger partial charge in [0.1, 0.15) is 0 Å². The molecule has 0 bridgehead atoms. The van der Waals surface area contributed by atoms with Gasteiger partial charge in [0.05, 0.1) is 5.56 Å². The summed E-state index contributed by atoms with van der Waals surface area (Å²) in [6.45, 7) is 7.47. The molecule has 2 aromatic carbocycles. The minimum atomic E-state index is -0.893. The van der Waals surface area contributed by atoms with Crippen molar-refractivity contribution in [2.24, 2.45) is 0 Å². The zero-order chi connectivity index (χ0) is 21.3. The van der Waals surface area contributed by atoms with Crippen LogP contribution in [-0.4, -0.2) is 16.1 Å². The molecule has 0 unspecified atom stereocenters. The van der Waals surface area contributed by atoms with E-state index in [-0.39, 0.29) is 6.04 Å². The molecule has 0 spiro atoms. The van der Waals surface area contributed by atoms with E-state index in [1.165, 1.54) is 39.6 Å². The van der Waals surface area contributed by atoms with Gasteiger partial charge in [0.2, 0.25) is 0 Å². The maximum absolute atomic E-state index is 11.4. The second kappa shape index (κ2) is 8.41. The number of nitrogens with one attached hydrogen (secondary N) is 1. The highest BCUT2D eigenvalue weighted by Gasteiger charge is 2.23. The first-order valence-electron chi connectivity index (χ1n) is 10.6. The molecule has 0 aliphatic carbocycles. The van der Waals surface area contributed by atoms with Crippen LogP contribution in [0.15, 0.2) is 54.9 Å². The fraction of sp³-hybridized carbons (Fsp3) is 0.308. The lowest BCUT2D eigenvalue weighted by molar-refractivity contribution is 0.0695. The molecule has 0 fully saturated rings. The van der Waals surface area contributed by atoms with Crippen molar-refractivity contribution in [1.82, 2.24) is 10.3 Å². The van der Waals surface area contributed by atoms with E-state index in [1.54, 1.807) is 12.3 Å². The molecular weight excluding hydrogens is 372 g/mol. The molecule has 4 heteroatoms. The number of aromatic nitrogens is 1. The van der Waals surface area contributed by atoms with Crippen LogP contribution in [-0.2, 0) is 13.0 Å². The Labute approximate surface area is 178 Å². The zero-order valence-corrected chi connectivity index (χ0v) is 17.8. The second-order valence-electron chi connectivity index (χ2n) is 8.45. The van der Waals surface area contributed by atoms with E-state index in [0.29, 0.717) is 17.9 Å². The molecule has 4 nitrogen and oxygen atoms in total. The van der Waals surface area contributed by atoms with Crippen LogP contribution in [0.2, 0.25) is 0 Å². The number of aryl methyl sites for hydroxylation is 2. The van der Waals surface area contributed by atoms with Crippen LogP contribution in [0.3, 0.4) is 0 Å². The fourth-order valence-electron chi connectivity index (χ4n) is 4.37. The number of nitrogens with zero attached hydrogens (tertiary/aromatic N) is 1. The molecule has 1 aromatic heterocycles. The number of hydrogen-bond acceptors (Lipinski definition) is 3. The molecule has 0 radical (unpaired) electrons. The summed E-state index contributed by atoms with van der Waals surface area (Å²) < 4.78 is 0. The first-order valence-corrected chi connectivity index (χ1v) is 10.6. The van der Waals surface area contributed by atoms with Gasteiger partial charge in [-0.25, -0.2) is 4.79 Å². The summed E-state index contributed by atoms with van der Waals surface area (Å²) in [6, 6.07) is 15.3. The van der Waals surface area contributed by atoms with Gasteiger partial charge in [-0.05, 0) is 76.8 Å². The van der Waals surface area contributed by atoms with Gasteiger partial charge in [0.15, 0.2) is 0 Å². The summed E-state index contributed by atoms with van der Waals surface area (Å²) in [7, 11) is 0. The summed E-state index contributed by atoms with van der Waals surface area (Å²) in [6.07, 6.45) is 4.74. The molecule has 0 saturated carbocycles. The van der Waals surface area contributed by atoms with Crippen LogP contribution < -0.4 is 5.32 Å². The third kappa shape index (κ3) is 4.01. The Morgan fingerprint density at radius 3 is 2.77 bits per heavy atom. The minimum absolute atomic E-state index is 0.236. The van der Waals surface area contributed by atoms with E-state index in [2.05, 4.69) is 67.5 Å². The van der Waals surface area contributed by atoms with Gasteiger partial charge in [-0.2, -0.15) is 0 Å². The highest BCUT2D eigenvalue weighted by atomic mass is 16.4. The number of fused-ring (bicyclic) bond motifs is 1. The third-order valence-corrected chi connectivity index (χ3v) is 6.12. The van der Waals surface area contributed by atoms with E-state index in [9.17, 15) is 9.90 Å². The maximum atomic E-state index is 11.4. The SMILES string of the molecule is Cc1cc(C(C)C)ccc1-c1ccc2c(c1)CN[C@@H]2CCc1cnccc1C(=O)O. The summed E-state index contributed by atoms with van der Waals surface area (Å²) in [5.74, 6) is -0.361. The van der Waals surface area contributed by atoms with Crippen molar-refractivity contribution < 1.29 is 9.90 Å². The van der Waals surface area contributed by atoms with Crippen molar-refractivity contribution in [1.29, 1.82) is 0 Å².